The van der Waals surface area contributed by atoms with Crippen molar-refractivity contribution < 1.29 is 13.9 Å². The fourth-order valence-corrected chi connectivity index (χ4v) is 2.45. The van der Waals surface area contributed by atoms with Crippen molar-refractivity contribution in [3.63, 3.8) is 0 Å². The van der Waals surface area contributed by atoms with Crippen LogP contribution in [0.15, 0.2) is 28.9 Å². The third kappa shape index (κ3) is 3.07. The topological polar surface area (TPSA) is 38.0 Å². The van der Waals surface area contributed by atoms with E-state index in [0.29, 0.717) is 12.2 Å². The van der Waals surface area contributed by atoms with Crippen LogP contribution >= 0.6 is 15.9 Å². The third-order valence-corrected chi connectivity index (χ3v) is 3.68. The average Bonchev–Trinajstić information content (AvgIpc) is 2.88. The van der Waals surface area contributed by atoms with Crippen LogP contribution in [0.25, 0.3) is 0 Å². The summed E-state index contributed by atoms with van der Waals surface area (Å²) in [6, 6.07) is 4.15. The van der Waals surface area contributed by atoms with Gasteiger partial charge in [0.15, 0.2) is 0 Å². The molecule has 0 saturated carbocycles. The van der Waals surface area contributed by atoms with E-state index in [9.17, 15) is 13.9 Å². The van der Waals surface area contributed by atoms with E-state index in [-0.39, 0.29) is 16.5 Å². The first kappa shape index (κ1) is 15.1. The number of aromatic nitrogens is 2. The zero-order valence-electron chi connectivity index (χ0n) is 11.0. The van der Waals surface area contributed by atoms with Crippen LogP contribution in [0.3, 0.4) is 0 Å². The van der Waals surface area contributed by atoms with Gasteiger partial charge in [0, 0.05) is 24.7 Å². The van der Waals surface area contributed by atoms with Crippen molar-refractivity contribution in [2.45, 2.75) is 32.4 Å². The highest BCUT2D eigenvalue weighted by atomic mass is 79.9. The number of aliphatic hydroxyl groups is 1. The van der Waals surface area contributed by atoms with Crippen LogP contribution in [0.1, 0.15) is 30.7 Å². The van der Waals surface area contributed by atoms with E-state index < -0.39 is 17.7 Å². The molecule has 0 bridgehead atoms. The molecule has 6 heteroatoms. The average molecular weight is 345 g/mol. The van der Waals surface area contributed by atoms with Crippen molar-refractivity contribution in [2.24, 2.45) is 0 Å². The van der Waals surface area contributed by atoms with Gasteiger partial charge in [-0.05, 0) is 40.5 Å². The van der Waals surface area contributed by atoms with Gasteiger partial charge in [0.25, 0.3) is 0 Å². The summed E-state index contributed by atoms with van der Waals surface area (Å²) in [5, 5.41) is 14.3. The molecule has 1 aromatic heterocycles. The molecule has 1 unspecified atom stereocenters. The summed E-state index contributed by atoms with van der Waals surface area (Å²) in [6.45, 7) is 2.65. The smallest absolute Gasteiger partial charge is 0.143 e. The van der Waals surface area contributed by atoms with Crippen LogP contribution in [0.5, 0.6) is 0 Å². The normalized spacial score (nSPS) is 12.7. The number of aryl methyl sites for hydroxylation is 1. The summed E-state index contributed by atoms with van der Waals surface area (Å²) in [5.41, 5.74) is 0.432. The van der Waals surface area contributed by atoms with Gasteiger partial charge >= 0.3 is 0 Å². The van der Waals surface area contributed by atoms with E-state index in [1.54, 1.807) is 16.9 Å². The lowest BCUT2D eigenvalue weighted by Gasteiger charge is -2.14. The van der Waals surface area contributed by atoms with Crippen LogP contribution in [0, 0.1) is 11.6 Å². The Morgan fingerprint density at radius 3 is 2.80 bits per heavy atom. The standard InChI is InChI=1S/C14H15BrF2N2O/c1-2-7-19-12(5-6-18-19)13(20)8-9-11(16)4-3-10(15)14(9)17/h3-6,13,20H,2,7-8H2,1H3. The van der Waals surface area contributed by atoms with Crippen molar-refractivity contribution in [2.75, 3.05) is 0 Å². The Balaban J connectivity index is 2.26. The van der Waals surface area contributed by atoms with Gasteiger partial charge in [0.05, 0.1) is 16.3 Å². The molecule has 1 atom stereocenters. The van der Waals surface area contributed by atoms with E-state index in [1.807, 2.05) is 6.92 Å². The largest absolute Gasteiger partial charge is 0.386 e. The predicted molar refractivity (Wildman–Crippen MR) is 75.2 cm³/mol. The number of hydrogen-bond donors (Lipinski definition) is 1. The first-order valence-electron chi connectivity index (χ1n) is 6.36. The first-order valence-corrected chi connectivity index (χ1v) is 7.16. The first-order chi connectivity index (χ1) is 9.54. The van der Waals surface area contributed by atoms with Crippen LogP contribution < -0.4 is 0 Å². The maximum absolute atomic E-state index is 13.9. The number of halogens is 3. The maximum Gasteiger partial charge on any atom is 0.143 e. The molecule has 2 rings (SSSR count). The highest BCUT2D eigenvalue weighted by molar-refractivity contribution is 9.10. The molecule has 0 aliphatic rings. The van der Waals surface area contributed by atoms with Gasteiger partial charge in [-0.25, -0.2) is 8.78 Å². The zero-order valence-corrected chi connectivity index (χ0v) is 12.6. The molecule has 0 amide bonds. The molecule has 0 radical (unpaired) electrons. The second-order valence-corrected chi connectivity index (χ2v) is 5.38. The van der Waals surface area contributed by atoms with Crippen molar-refractivity contribution in [3.8, 4) is 0 Å². The van der Waals surface area contributed by atoms with Gasteiger partial charge in [-0.1, -0.05) is 6.92 Å². The SMILES string of the molecule is CCCn1nccc1C(O)Cc1c(F)ccc(Br)c1F. The fraction of sp³-hybridized carbons (Fsp3) is 0.357. The minimum Gasteiger partial charge on any atom is -0.386 e. The fourth-order valence-electron chi connectivity index (χ4n) is 2.08. The third-order valence-electron chi connectivity index (χ3n) is 3.06. The van der Waals surface area contributed by atoms with Gasteiger partial charge in [-0.3, -0.25) is 4.68 Å². The number of rotatable bonds is 5. The van der Waals surface area contributed by atoms with Crippen LogP contribution in [0.2, 0.25) is 0 Å². The molecule has 108 valence electrons. The minimum atomic E-state index is -0.998. The number of benzene rings is 1. The highest BCUT2D eigenvalue weighted by Gasteiger charge is 2.19. The summed E-state index contributed by atoms with van der Waals surface area (Å²) in [7, 11) is 0. The monoisotopic (exact) mass is 344 g/mol. The van der Waals surface area contributed by atoms with Crippen molar-refractivity contribution >= 4 is 15.9 Å². The number of hydrogen-bond acceptors (Lipinski definition) is 2. The Morgan fingerprint density at radius 1 is 1.35 bits per heavy atom. The molecule has 0 aliphatic heterocycles. The van der Waals surface area contributed by atoms with Crippen molar-refractivity contribution in [1.82, 2.24) is 9.78 Å². The molecule has 1 N–H and O–H groups in total. The van der Waals surface area contributed by atoms with Gasteiger partial charge in [0.2, 0.25) is 0 Å². The minimum absolute atomic E-state index is 0.129. The second kappa shape index (κ2) is 6.45. The van der Waals surface area contributed by atoms with E-state index in [4.69, 9.17) is 0 Å². The molecule has 1 heterocycles. The Morgan fingerprint density at radius 2 is 2.10 bits per heavy atom. The lowest BCUT2D eigenvalue weighted by atomic mass is 10.0. The van der Waals surface area contributed by atoms with Crippen LogP contribution in [-0.4, -0.2) is 14.9 Å². The molecule has 1 aromatic carbocycles. The summed E-state index contributed by atoms with van der Waals surface area (Å²) < 4.78 is 29.4. The molecular weight excluding hydrogens is 330 g/mol. The van der Waals surface area contributed by atoms with Gasteiger partial charge < -0.3 is 5.11 Å². The number of aliphatic hydroxyl groups excluding tert-OH is 1. The molecule has 3 nitrogen and oxygen atoms in total. The Bertz CT molecular complexity index is 601. The maximum atomic E-state index is 13.9. The van der Waals surface area contributed by atoms with Gasteiger partial charge in [-0.2, -0.15) is 5.10 Å². The van der Waals surface area contributed by atoms with E-state index in [1.165, 1.54) is 12.1 Å². The molecular formula is C14H15BrF2N2O. The van der Waals surface area contributed by atoms with Crippen LogP contribution in [-0.2, 0) is 13.0 Å². The Labute approximate surface area is 124 Å². The zero-order chi connectivity index (χ0) is 14.7. The molecule has 2 aromatic rings. The quantitative estimate of drug-likeness (QED) is 0.841. The lowest BCUT2D eigenvalue weighted by Crippen LogP contribution is -2.12. The molecule has 0 spiro atoms. The Hall–Kier alpha value is -1.27. The predicted octanol–water partition coefficient (Wildman–Crippen LogP) is 3.61. The van der Waals surface area contributed by atoms with E-state index in [2.05, 4.69) is 21.0 Å². The Kier molecular flexibility index (Phi) is 4.88. The van der Waals surface area contributed by atoms with E-state index >= 15 is 0 Å². The van der Waals surface area contributed by atoms with Crippen LogP contribution in [0.4, 0.5) is 8.78 Å². The molecule has 0 fully saturated rings. The molecule has 0 aliphatic carbocycles. The van der Waals surface area contributed by atoms with Gasteiger partial charge in [0.1, 0.15) is 11.6 Å². The summed E-state index contributed by atoms with van der Waals surface area (Å²) >= 11 is 3.02. The number of nitrogens with zero attached hydrogens (tertiary/aromatic N) is 2. The highest BCUT2D eigenvalue weighted by Crippen LogP contribution is 2.26. The van der Waals surface area contributed by atoms with Crippen molar-refractivity contribution in [3.05, 3.63) is 51.8 Å². The van der Waals surface area contributed by atoms with Gasteiger partial charge in [-0.15, -0.1) is 0 Å². The summed E-state index contributed by atoms with van der Waals surface area (Å²) in [4.78, 5) is 0. The van der Waals surface area contributed by atoms with Crippen molar-refractivity contribution in [1.29, 1.82) is 0 Å². The molecule has 0 saturated heterocycles. The molecule has 20 heavy (non-hydrogen) atoms. The van der Waals surface area contributed by atoms with E-state index in [0.717, 1.165) is 6.42 Å². The summed E-state index contributed by atoms with van der Waals surface area (Å²) in [6.07, 6.45) is 1.30. The summed E-state index contributed by atoms with van der Waals surface area (Å²) in [5.74, 6) is -1.34. The lowest BCUT2D eigenvalue weighted by molar-refractivity contribution is 0.164. The second-order valence-electron chi connectivity index (χ2n) is 4.52.